The quantitative estimate of drug-likeness (QED) is 0.884. The van der Waals surface area contributed by atoms with E-state index in [0.29, 0.717) is 36.2 Å². The van der Waals surface area contributed by atoms with E-state index in [1.807, 2.05) is 0 Å². The van der Waals surface area contributed by atoms with Crippen LogP contribution >= 0.6 is 12.4 Å². The van der Waals surface area contributed by atoms with Gasteiger partial charge in [0.15, 0.2) is 5.89 Å². The molecular weight excluding hydrogens is 294 g/mol. The number of rotatable bonds is 5. The Bertz CT molecular complexity index is 596. The number of carbonyl (C=O) groups excluding carboxylic acids is 1. The first-order chi connectivity index (χ1) is 9.60. The van der Waals surface area contributed by atoms with Gasteiger partial charge in [0.25, 0.3) is 5.91 Å². The number of anilines is 1. The van der Waals surface area contributed by atoms with Crippen LogP contribution in [-0.2, 0) is 0 Å². The molecule has 1 amide bonds. The number of nitrogens with one attached hydrogen (secondary N) is 1. The number of halogens is 1. The van der Waals surface area contributed by atoms with Crippen molar-refractivity contribution < 1.29 is 13.9 Å². The van der Waals surface area contributed by atoms with E-state index in [4.69, 9.17) is 14.9 Å². The molecule has 0 aliphatic heterocycles. The van der Waals surface area contributed by atoms with Crippen LogP contribution in [0.1, 0.15) is 22.1 Å². The predicted octanol–water partition coefficient (Wildman–Crippen LogP) is 2.30. The summed E-state index contributed by atoms with van der Waals surface area (Å²) in [5, 5.41) is 2.74. The van der Waals surface area contributed by atoms with E-state index in [1.165, 1.54) is 0 Å². The minimum Gasteiger partial charge on any atom is -0.492 e. The zero-order chi connectivity index (χ0) is 14.5. The van der Waals surface area contributed by atoms with Gasteiger partial charge >= 0.3 is 0 Å². The van der Waals surface area contributed by atoms with E-state index < -0.39 is 0 Å². The second kappa shape index (κ2) is 7.66. The monoisotopic (exact) mass is 311 g/mol. The molecule has 0 spiro atoms. The molecule has 1 aromatic heterocycles. The lowest BCUT2D eigenvalue weighted by molar-refractivity contribution is 0.0994. The van der Waals surface area contributed by atoms with E-state index in [2.05, 4.69) is 10.3 Å². The number of hydrogen-bond acceptors (Lipinski definition) is 5. The van der Waals surface area contributed by atoms with Crippen LogP contribution in [0.3, 0.4) is 0 Å². The summed E-state index contributed by atoms with van der Waals surface area (Å²) in [4.78, 5) is 16.1. The van der Waals surface area contributed by atoms with Crippen LogP contribution in [-0.4, -0.2) is 24.0 Å². The largest absolute Gasteiger partial charge is 0.492 e. The van der Waals surface area contributed by atoms with Crippen LogP contribution in [0.15, 0.2) is 28.7 Å². The summed E-state index contributed by atoms with van der Waals surface area (Å²) in [5.74, 6) is 1.09. The number of nitrogens with two attached hydrogens (primary N) is 1. The summed E-state index contributed by atoms with van der Waals surface area (Å²) in [6.07, 6.45) is 0. The molecule has 2 rings (SSSR count). The predicted molar refractivity (Wildman–Crippen MR) is 82.2 cm³/mol. The molecule has 7 heteroatoms. The van der Waals surface area contributed by atoms with Gasteiger partial charge in [0.2, 0.25) is 5.76 Å². The average Bonchev–Trinajstić information content (AvgIpc) is 2.77. The summed E-state index contributed by atoms with van der Waals surface area (Å²) in [5.41, 5.74) is 6.58. The molecule has 6 nitrogen and oxygen atoms in total. The molecule has 1 heterocycles. The first-order valence-corrected chi connectivity index (χ1v) is 6.28. The highest BCUT2D eigenvalue weighted by molar-refractivity contribution is 6.02. The van der Waals surface area contributed by atoms with Crippen molar-refractivity contribution in [1.29, 1.82) is 0 Å². The minimum atomic E-state index is -0.321. The number of benzene rings is 1. The van der Waals surface area contributed by atoms with Crippen molar-refractivity contribution in [2.75, 3.05) is 18.5 Å². The van der Waals surface area contributed by atoms with Crippen molar-refractivity contribution in [1.82, 2.24) is 4.98 Å². The number of carbonyl (C=O) groups is 1. The molecule has 0 saturated carbocycles. The van der Waals surface area contributed by atoms with Crippen molar-refractivity contribution >= 4 is 24.0 Å². The molecular formula is C14H18ClN3O3. The second-order valence-corrected chi connectivity index (χ2v) is 4.26. The minimum absolute atomic E-state index is 0. The third kappa shape index (κ3) is 4.47. The van der Waals surface area contributed by atoms with Gasteiger partial charge in [-0.25, -0.2) is 4.98 Å². The maximum atomic E-state index is 12.0. The Labute approximate surface area is 129 Å². The molecule has 0 atom stereocenters. The Morgan fingerprint density at radius 1 is 1.33 bits per heavy atom. The molecule has 0 bridgehead atoms. The highest BCUT2D eigenvalue weighted by Gasteiger charge is 2.15. The Balaban J connectivity index is 0.00000220. The average molecular weight is 312 g/mol. The van der Waals surface area contributed by atoms with Crippen LogP contribution in [0.25, 0.3) is 0 Å². The molecule has 0 aliphatic carbocycles. The van der Waals surface area contributed by atoms with Gasteiger partial charge < -0.3 is 20.2 Å². The van der Waals surface area contributed by atoms with Gasteiger partial charge in [0.1, 0.15) is 12.4 Å². The Hall–Kier alpha value is -2.05. The molecule has 0 unspecified atom stereocenters. The number of aromatic nitrogens is 1. The zero-order valence-electron chi connectivity index (χ0n) is 11.9. The summed E-state index contributed by atoms with van der Waals surface area (Å²) >= 11 is 0. The van der Waals surface area contributed by atoms with Crippen LogP contribution in [0.5, 0.6) is 5.75 Å². The lowest BCUT2D eigenvalue weighted by Gasteiger charge is -2.06. The maximum absolute atomic E-state index is 12.0. The van der Waals surface area contributed by atoms with E-state index >= 15 is 0 Å². The number of amides is 1. The highest BCUT2D eigenvalue weighted by atomic mass is 35.5. The Morgan fingerprint density at radius 2 is 2.00 bits per heavy atom. The standard InChI is InChI=1S/C14H17N3O3.ClH/c1-9-13(20-10(2)16-9)14(18)17-11-3-5-12(6-4-11)19-8-7-15;/h3-6H,7-8,15H2,1-2H3,(H,17,18);1H. The van der Waals surface area contributed by atoms with Crippen LogP contribution in [0, 0.1) is 13.8 Å². The van der Waals surface area contributed by atoms with Gasteiger partial charge in [0.05, 0.1) is 5.69 Å². The molecule has 0 saturated heterocycles. The van der Waals surface area contributed by atoms with Gasteiger partial charge in [-0.1, -0.05) is 0 Å². The number of nitrogens with zero attached hydrogens (tertiary/aromatic N) is 1. The Kier molecular flexibility index (Phi) is 6.20. The van der Waals surface area contributed by atoms with E-state index in [1.54, 1.807) is 38.1 Å². The molecule has 2 aromatic rings. The zero-order valence-corrected chi connectivity index (χ0v) is 12.7. The van der Waals surface area contributed by atoms with Gasteiger partial charge in [-0.05, 0) is 31.2 Å². The van der Waals surface area contributed by atoms with Crippen molar-refractivity contribution in [3.8, 4) is 5.75 Å². The van der Waals surface area contributed by atoms with Crippen LogP contribution in [0.4, 0.5) is 5.69 Å². The van der Waals surface area contributed by atoms with Gasteiger partial charge in [-0.3, -0.25) is 4.79 Å². The van der Waals surface area contributed by atoms with Gasteiger partial charge in [-0.15, -0.1) is 12.4 Å². The van der Waals surface area contributed by atoms with Gasteiger partial charge in [0, 0.05) is 19.2 Å². The summed E-state index contributed by atoms with van der Waals surface area (Å²) in [7, 11) is 0. The number of ether oxygens (including phenoxy) is 1. The SMILES string of the molecule is Cc1nc(C)c(C(=O)Nc2ccc(OCCN)cc2)o1.Cl. The van der Waals surface area contributed by atoms with E-state index in [-0.39, 0.29) is 24.1 Å². The fourth-order valence-corrected chi connectivity index (χ4v) is 1.74. The third-order valence-corrected chi connectivity index (χ3v) is 2.61. The third-order valence-electron chi connectivity index (χ3n) is 2.61. The Morgan fingerprint density at radius 3 is 2.52 bits per heavy atom. The summed E-state index contributed by atoms with van der Waals surface area (Å²) in [6.45, 7) is 4.35. The summed E-state index contributed by atoms with van der Waals surface area (Å²) in [6, 6.07) is 7.04. The van der Waals surface area contributed by atoms with Crippen LogP contribution in [0.2, 0.25) is 0 Å². The molecule has 3 N–H and O–H groups in total. The topological polar surface area (TPSA) is 90.4 Å². The first-order valence-electron chi connectivity index (χ1n) is 6.28. The molecule has 0 radical (unpaired) electrons. The van der Waals surface area contributed by atoms with Crippen LogP contribution < -0.4 is 15.8 Å². The van der Waals surface area contributed by atoms with Crippen molar-refractivity contribution in [2.45, 2.75) is 13.8 Å². The molecule has 0 fully saturated rings. The fraction of sp³-hybridized carbons (Fsp3) is 0.286. The summed E-state index contributed by atoms with van der Waals surface area (Å²) < 4.78 is 10.6. The number of aryl methyl sites for hydroxylation is 2. The molecule has 114 valence electrons. The van der Waals surface area contributed by atoms with Crippen molar-refractivity contribution in [2.24, 2.45) is 5.73 Å². The molecule has 21 heavy (non-hydrogen) atoms. The van der Waals surface area contributed by atoms with Crippen molar-refractivity contribution in [3.05, 3.63) is 41.6 Å². The highest BCUT2D eigenvalue weighted by Crippen LogP contribution is 2.17. The number of hydrogen-bond donors (Lipinski definition) is 2. The second-order valence-electron chi connectivity index (χ2n) is 4.26. The fourth-order valence-electron chi connectivity index (χ4n) is 1.74. The lowest BCUT2D eigenvalue weighted by atomic mass is 10.3. The maximum Gasteiger partial charge on any atom is 0.293 e. The first kappa shape index (κ1) is 17.0. The number of oxazole rings is 1. The lowest BCUT2D eigenvalue weighted by Crippen LogP contribution is -2.12. The molecule has 1 aromatic carbocycles. The molecule has 0 aliphatic rings. The normalized spacial score (nSPS) is 9.86. The van der Waals surface area contributed by atoms with E-state index in [9.17, 15) is 4.79 Å². The van der Waals surface area contributed by atoms with E-state index in [0.717, 1.165) is 0 Å². The smallest absolute Gasteiger partial charge is 0.293 e. The van der Waals surface area contributed by atoms with Crippen molar-refractivity contribution in [3.63, 3.8) is 0 Å². The van der Waals surface area contributed by atoms with Gasteiger partial charge in [-0.2, -0.15) is 0 Å².